The Morgan fingerprint density at radius 3 is 2.85 bits per heavy atom. The Morgan fingerprint density at radius 1 is 1.15 bits per heavy atom. The van der Waals surface area contributed by atoms with E-state index in [9.17, 15) is 4.79 Å². The van der Waals surface area contributed by atoms with Gasteiger partial charge in [0.2, 0.25) is 0 Å². The molecule has 34 heavy (non-hydrogen) atoms. The van der Waals surface area contributed by atoms with Crippen molar-refractivity contribution in [1.29, 1.82) is 0 Å². The van der Waals surface area contributed by atoms with Gasteiger partial charge in [-0.3, -0.25) is 4.79 Å². The molecule has 0 bridgehead atoms. The van der Waals surface area contributed by atoms with Crippen molar-refractivity contribution in [3.8, 4) is 6.01 Å². The smallest absolute Gasteiger partial charge is 0.318 e. The molecule has 4 aromatic rings. The van der Waals surface area contributed by atoms with Crippen molar-refractivity contribution in [2.75, 3.05) is 30.8 Å². The lowest BCUT2D eigenvalue weighted by atomic mass is 10.1. The van der Waals surface area contributed by atoms with E-state index in [1.54, 1.807) is 30.7 Å². The Balaban J connectivity index is 1.29. The molecule has 1 amide bonds. The van der Waals surface area contributed by atoms with E-state index < -0.39 is 0 Å². The Kier molecular flexibility index (Phi) is 6.14. The summed E-state index contributed by atoms with van der Waals surface area (Å²) in [5, 5.41) is 7.09. The number of likely N-dealkylation sites (tertiary alicyclic amines) is 1. The lowest BCUT2D eigenvalue weighted by molar-refractivity contribution is 0.102. The first kappa shape index (κ1) is 21.9. The number of anilines is 3. The summed E-state index contributed by atoms with van der Waals surface area (Å²) < 4.78 is 11.4. The topological polar surface area (TPSA) is 92.5 Å². The van der Waals surface area contributed by atoms with Crippen LogP contribution in [0.1, 0.15) is 28.8 Å². The minimum Gasteiger partial charge on any atom is -0.464 e. The molecule has 1 aliphatic heterocycles. The minimum absolute atomic E-state index is 0.131. The highest BCUT2D eigenvalue weighted by Crippen LogP contribution is 2.26. The first-order valence-electron chi connectivity index (χ1n) is 11.4. The van der Waals surface area contributed by atoms with Gasteiger partial charge >= 0.3 is 6.01 Å². The molecule has 2 N–H and O–H groups in total. The van der Waals surface area contributed by atoms with E-state index in [0.717, 1.165) is 42.6 Å². The van der Waals surface area contributed by atoms with Crippen LogP contribution >= 0.6 is 0 Å². The van der Waals surface area contributed by atoms with Gasteiger partial charge in [-0.05, 0) is 68.8 Å². The fraction of sp³-hybridized carbons (Fsp3) is 0.269. The second-order valence-corrected chi connectivity index (χ2v) is 8.59. The molecule has 174 valence electrons. The first-order valence-corrected chi connectivity index (χ1v) is 11.4. The number of hydrogen-bond acceptors (Lipinski definition) is 7. The Labute approximate surface area is 198 Å². The number of amides is 1. The maximum absolute atomic E-state index is 12.9. The highest BCUT2D eigenvalue weighted by atomic mass is 16.5. The van der Waals surface area contributed by atoms with Gasteiger partial charge in [0.1, 0.15) is 17.5 Å². The predicted molar refractivity (Wildman–Crippen MR) is 132 cm³/mol. The van der Waals surface area contributed by atoms with Crippen molar-refractivity contribution in [1.82, 2.24) is 14.9 Å². The van der Waals surface area contributed by atoms with E-state index in [1.807, 2.05) is 37.3 Å². The quantitative estimate of drug-likeness (QED) is 0.421. The van der Waals surface area contributed by atoms with E-state index in [-0.39, 0.29) is 12.0 Å². The van der Waals surface area contributed by atoms with Crippen molar-refractivity contribution in [2.24, 2.45) is 0 Å². The van der Waals surface area contributed by atoms with Crippen molar-refractivity contribution >= 4 is 34.1 Å². The fourth-order valence-corrected chi connectivity index (χ4v) is 4.08. The number of aromatic nitrogens is 2. The highest BCUT2D eigenvalue weighted by Gasteiger charge is 2.19. The van der Waals surface area contributed by atoms with Crippen LogP contribution in [0.5, 0.6) is 6.01 Å². The molecule has 2 aromatic carbocycles. The van der Waals surface area contributed by atoms with Crippen LogP contribution < -0.4 is 15.4 Å². The maximum Gasteiger partial charge on any atom is 0.318 e. The molecule has 0 radical (unpaired) electrons. The molecular weight excluding hydrogens is 430 g/mol. The van der Waals surface area contributed by atoms with Crippen LogP contribution in [0.2, 0.25) is 0 Å². The predicted octanol–water partition coefficient (Wildman–Crippen LogP) is 5.00. The molecule has 0 unspecified atom stereocenters. The summed E-state index contributed by atoms with van der Waals surface area (Å²) in [5.41, 5.74) is 3.78. The summed E-state index contributed by atoms with van der Waals surface area (Å²) >= 11 is 0. The molecule has 8 nitrogen and oxygen atoms in total. The van der Waals surface area contributed by atoms with Crippen LogP contribution in [0.4, 0.5) is 17.2 Å². The molecule has 0 atom stereocenters. The summed E-state index contributed by atoms with van der Waals surface area (Å²) in [6.07, 6.45) is 5.33. The number of nitrogens with one attached hydrogen (secondary N) is 2. The molecule has 8 heteroatoms. The number of ether oxygens (including phenoxy) is 1. The zero-order chi connectivity index (χ0) is 23.5. The Hall–Kier alpha value is -3.91. The van der Waals surface area contributed by atoms with E-state index in [0.29, 0.717) is 28.7 Å². The van der Waals surface area contributed by atoms with Crippen molar-refractivity contribution < 1.29 is 13.9 Å². The Bertz CT molecular complexity index is 1310. The van der Waals surface area contributed by atoms with Gasteiger partial charge in [-0.2, -0.15) is 4.98 Å². The molecular formula is C26H27N5O3. The second kappa shape index (κ2) is 9.52. The monoisotopic (exact) mass is 457 g/mol. The number of carbonyl (C=O) groups is 1. The third kappa shape index (κ3) is 4.87. The third-order valence-corrected chi connectivity index (χ3v) is 6.07. The summed E-state index contributed by atoms with van der Waals surface area (Å²) in [7, 11) is 2.12. The normalized spacial score (nSPS) is 14.8. The number of rotatable bonds is 6. The van der Waals surface area contributed by atoms with Crippen molar-refractivity contribution in [3.05, 3.63) is 72.1 Å². The van der Waals surface area contributed by atoms with Crippen LogP contribution in [-0.4, -0.2) is 47.0 Å². The zero-order valence-electron chi connectivity index (χ0n) is 19.2. The number of nitrogens with zero attached hydrogens (tertiary/aromatic N) is 3. The fourth-order valence-electron chi connectivity index (χ4n) is 4.08. The molecule has 5 rings (SSSR count). The van der Waals surface area contributed by atoms with Gasteiger partial charge in [0, 0.05) is 36.0 Å². The van der Waals surface area contributed by atoms with Crippen LogP contribution in [0.25, 0.3) is 11.0 Å². The zero-order valence-corrected chi connectivity index (χ0v) is 19.2. The first-order chi connectivity index (χ1) is 16.5. The Morgan fingerprint density at radius 2 is 2.00 bits per heavy atom. The highest BCUT2D eigenvalue weighted by molar-refractivity contribution is 6.12. The van der Waals surface area contributed by atoms with Gasteiger partial charge in [0.25, 0.3) is 5.91 Å². The van der Waals surface area contributed by atoms with Crippen molar-refractivity contribution in [2.45, 2.75) is 25.9 Å². The average Bonchev–Trinajstić information content (AvgIpc) is 3.32. The van der Waals surface area contributed by atoms with Gasteiger partial charge in [-0.1, -0.05) is 12.1 Å². The van der Waals surface area contributed by atoms with Gasteiger partial charge < -0.3 is 24.7 Å². The number of hydrogen-bond donors (Lipinski definition) is 2. The van der Waals surface area contributed by atoms with E-state index in [1.165, 1.54) is 0 Å². The van der Waals surface area contributed by atoms with Crippen LogP contribution in [0, 0.1) is 6.92 Å². The summed E-state index contributed by atoms with van der Waals surface area (Å²) in [5.74, 6) is 0.435. The van der Waals surface area contributed by atoms with Crippen LogP contribution in [0.15, 0.2) is 65.4 Å². The number of piperidine rings is 1. The van der Waals surface area contributed by atoms with Crippen molar-refractivity contribution in [3.63, 3.8) is 0 Å². The number of fused-ring (bicyclic) bond motifs is 1. The number of carbonyl (C=O) groups excluding carboxylic acids is 1. The van der Waals surface area contributed by atoms with Gasteiger partial charge in [-0.15, -0.1) is 0 Å². The van der Waals surface area contributed by atoms with Gasteiger partial charge in [0.15, 0.2) is 0 Å². The molecule has 1 aliphatic rings. The molecule has 0 aliphatic carbocycles. The number of aryl methyl sites for hydroxylation is 1. The molecule has 1 saturated heterocycles. The lowest BCUT2D eigenvalue weighted by Crippen LogP contribution is -2.35. The van der Waals surface area contributed by atoms with Crippen LogP contribution in [-0.2, 0) is 0 Å². The lowest BCUT2D eigenvalue weighted by Gasteiger charge is -2.28. The van der Waals surface area contributed by atoms with E-state index in [2.05, 4.69) is 32.5 Å². The average molecular weight is 458 g/mol. The molecule has 0 saturated carbocycles. The second-order valence-electron chi connectivity index (χ2n) is 8.59. The van der Waals surface area contributed by atoms with Gasteiger partial charge in [-0.25, -0.2) is 4.98 Å². The SMILES string of the molecule is Cc1ccc(NC(=O)c2cccc3occc23)cc1Nc1ccnc(OC2CCN(C)CC2)n1. The molecule has 1 fully saturated rings. The summed E-state index contributed by atoms with van der Waals surface area (Å²) in [6, 6.07) is 15.1. The molecule has 0 spiro atoms. The van der Waals surface area contributed by atoms with E-state index in [4.69, 9.17) is 9.15 Å². The largest absolute Gasteiger partial charge is 0.464 e. The van der Waals surface area contributed by atoms with Gasteiger partial charge in [0.05, 0.1) is 11.8 Å². The molecule has 3 heterocycles. The third-order valence-electron chi connectivity index (χ3n) is 6.07. The minimum atomic E-state index is -0.197. The summed E-state index contributed by atoms with van der Waals surface area (Å²) in [4.78, 5) is 24.0. The number of furan rings is 1. The standard InChI is InChI=1S/C26H27N5O3/c1-17-6-7-18(28-25(32)21-4-3-5-23-20(21)11-15-33-23)16-22(17)29-24-8-12-27-26(30-24)34-19-9-13-31(2)14-10-19/h3-8,11-12,15-16,19H,9-10,13-14H2,1-2H3,(H,28,32)(H,27,29,30). The molecule has 2 aromatic heterocycles. The van der Waals surface area contributed by atoms with Crippen LogP contribution in [0.3, 0.4) is 0 Å². The van der Waals surface area contributed by atoms with E-state index >= 15 is 0 Å². The summed E-state index contributed by atoms with van der Waals surface area (Å²) in [6.45, 7) is 4.02. The number of benzene rings is 2. The maximum atomic E-state index is 12.9.